The Bertz CT molecular complexity index is 2590. The lowest BCUT2D eigenvalue weighted by molar-refractivity contribution is 0.0526. The Balaban J connectivity index is 1.40. The van der Waals surface area contributed by atoms with Crippen LogP contribution in [0.2, 0.25) is 0 Å². The van der Waals surface area contributed by atoms with Gasteiger partial charge in [-0.05, 0) is 55.0 Å². The molecule has 4 heterocycles. The van der Waals surface area contributed by atoms with Gasteiger partial charge in [-0.1, -0.05) is 30.3 Å². The molecule has 3 aromatic carbocycles. The highest BCUT2D eigenvalue weighted by atomic mass is 32.2. The molecule has 0 radical (unpaired) electrons. The number of carbonyl (C=O) groups excluding carboxylic acids is 1. The summed E-state index contributed by atoms with van der Waals surface area (Å²) in [5, 5.41) is 0. The second-order valence-corrected chi connectivity index (χ2v) is 13.5. The number of fused-ring (bicyclic) bond motifs is 2. The molecule has 0 fully saturated rings. The van der Waals surface area contributed by atoms with Crippen LogP contribution in [0.4, 0.5) is 0 Å². The van der Waals surface area contributed by atoms with E-state index in [1.165, 1.54) is 30.7 Å². The molecule has 7 rings (SSSR count). The van der Waals surface area contributed by atoms with Crippen LogP contribution in [0.5, 0.6) is 11.5 Å². The Labute approximate surface area is 293 Å². The first-order chi connectivity index (χ1) is 24.7. The summed E-state index contributed by atoms with van der Waals surface area (Å²) in [4.78, 5) is 35.8. The number of hydrogen-bond donors (Lipinski definition) is 0. The van der Waals surface area contributed by atoms with E-state index in [9.17, 15) is 18.0 Å². The van der Waals surface area contributed by atoms with E-state index < -0.39 is 16.0 Å². The van der Waals surface area contributed by atoms with Crippen LogP contribution < -0.4 is 15.0 Å². The Morgan fingerprint density at radius 2 is 1.67 bits per heavy atom. The third-order valence-electron chi connectivity index (χ3n) is 8.57. The highest BCUT2D eigenvalue weighted by Crippen LogP contribution is 2.33. The maximum atomic E-state index is 14.2. The average molecular weight is 704 g/mol. The van der Waals surface area contributed by atoms with Gasteiger partial charge in [0, 0.05) is 65.9 Å². The molecule has 0 aliphatic carbocycles. The van der Waals surface area contributed by atoms with Gasteiger partial charge in [-0.3, -0.25) is 9.78 Å². The van der Waals surface area contributed by atoms with Crippen LogP contribution in [0.1, 0.15) is 34.1 Å². The van der Waals surface area contributed by atoms with E-state index in [2.05, 4.69) is 9.97 Å². The first-order valence-electron chi connectivity index (χ1n) is 16.1. The molecule has 0 N–H and O–H groups in total. The van der Waals surface area contributed by atoms with Crippen molar-refractivity contribution in [1.82, 2.24) is 22.9 Å². The van der Waals surface area contributed by atoms with E-state index in [0.29, 0.717) is 45.6 Å². The van der Waals surface area contributed by atoms with Crippen molar-refractivity contribution in [3.8, 4) is 22.6 Å². The highest BCUT2D eigenvalue weighted by molar-refractivity contribution is 7.90. The minimum absolute atomic E-state index is 0.102. The fourth-order valence-corrected chi connectivity index (χ4v) is 7.46. The maximum Gasteiger partial charge on any atom is 0.338 e. The van der Waals surface area contributed by atoms with Crippen LogP contribution in [-0.4, -0.2) is 58.1 Å². The number of methoxy groups -OCH3 is 2. The van der Waals surface area contributed by atoms with Gasteiger partial charge in [0.2, 0.25) is 0 Å². The zero-order valence-electron chi connectivity index (χ0n) is 28.0. The summed E-state index contributed by atoms with van der Waals surface area (Å²) in [6.45, 7) is 2.20. The first-order valence-corrected chi connectivity index (χ1v) is 17.5. The van der Waals surface area contributed by atoms with Crippen molar-refractivity contribution in [2.75, 3.05) is 20.8 Å². The van der Waals surface area contributed by atoms with E-state index >= 15 is 0 Å². The molecule has 0 saturated carbocycles. The van der Waals surface area contributed by atoms with Crippen LogP contribution in [0, 0.1) is 0 Å². The standard InChI is InChI=1S/C38H33N5O7S/c1-4-50-38(45)26-10-8-9-25(17-26)18-29-23-41(21-27-13-14-30(48-2)20-34(27)49-3)37(44)33-19-28(22-42(29)33)32-24-43(36-35(32)39-15-16-40-36)51(46,47)31-11-6-5-7-12-31/h5-17,19-20,22-24H,4,18,21H2,1-3H3. The molecule has 0 bridgehead atoms. The van der Waals surface area contributed by atoms with Crippen LogP contribution in [0.25, 0.3) is 27.8 Å². The van der Waals surface area contributed by atoms with Crippen molar-refractivity contribution in [3.63, 3.8) is 0 Å². The van der Waals surface area contributed by atoms with E-state index in [4.69, 9.17) is 14.2 Å². The fourth-order valence-electron chi connectivity index (χ4n) is 6.13. The normalized spacial score (nSPS) is 11.6. The lowest BCUT2D eigenvalue weighted by atomic mass is 10.1. The van der Waals surface area contributed by atoms with Crippen LogP contribution in [0.15, 0.2) is 120 Å². The number of benzene rings is 3. The summed E-state index contributed by atoms with van der Waals surface area (Å²) in [6, 6.07) is 22.4. The topological polar surface area (TPSA) is 136 Å². The number of nitrogens with zero attached hydrogens (tertiary/aromatic N) is 5. The molecule has 0 aliphatic rings. The van der Waals surface area contributed by atoms with Crippen LogP contribution in [0.3, 0.4) is 0 Å². The van der Waals surface area contributed by atoms with Gasteiger partial charge in [0.25, 0.3) is 15.6 Å². The number of aromatic nitrogens is 5. The molecule has 258 valence electrons. The summed E-state index contributed by atoms with van der Waals surface area (Å²) < 4.78 is 48.3. The van der Waals surface area contributed by atoms with E-state index in [0.717, 1.165) is 20.8 Å². The molecule has 0 amide bonds. The summed E-state index contributed by atoms with van der Waals surface area (Å²) in [6.07, 6.45) is 8.35. The minimum atomic E-state index is -4.03. The Morgan fingerprint density at radius 3 is 2.43 bits per heavy atom. The smallest absolute Gasteiger partial charge is 0.338 e. The molecule has 7 aromatic rings. The number of esters is 1. The number of ether oxygens (including phenoxy) is 3. The van der Waals surface area contributed by atoms with Gasteiger partial charge in [0.15, 0.2) is 5.65 Å². The lowest BCUT2D eigenvalue weighted by Gasteiger charge is -2.15. The zero-order chi connectivity index (χ0) is 35.7. The molecule has 12 nitrogen and oxygen atoms in total. The van der Waals surface area contributed by atoms with Crippen LogP contribution in [-0.2, 0) is 27.7 Å². The second-order valence-electron chi connectivity index (χ2n) is 11.7. The summed E-state index contributed by atoms with van der Waals surface area (Å²) in [5.74, 6) is 0.757. The third-order valence-corrected chi connectivity index (χ3v) is 10.2. The van der Waals surface area contributed by atoms with Gasteiger partial charge >= 0.3 is 5.97 Å². The molecule has 0 aliphatic heterocycles. The van der Waals surface area contributed by atoms with Crippen molar-refractivity contribution in [2.45, 2.75) is 24.8 Å². The third kappa shape index (κ3) is 6.23. The van der Waals surface area contributed by atoms with Crippen molar-refractivity contribution in [1.29, 1.82) is 0 Å². The van der Waals surface area contributed by atoms with Crippen LogP contribution >= 0.6 is 0 Å². The molecule has 0 saturated heterocycles. The van der Waals surface area contributed by atoms with Crippen molar-refractivity contribution in [2.24, 2.45) is 0 Å². The zero-order valence-corrected chi connectivity index (χ0v) is 28.8. The Kier molecular flexibility index (Phi) is 8.88. The van der Waals surface area contributed by atoms with E-state index in [-0.39, 0.29) is 29.3 Å². The highest BCUT2D eigenvalue weighted by Gasteiger charge is 2.25. The second kappa shape index (κ2) is 13.6. The Hall–Kier alpha value is -6.21. The molecule has 13 heteroatoms. The predicted molar refractivity (Wildman–Crippen MR) is 191 cm³/mol. The number of rotatable bonds is 11. The molecular weight excluding hydrogens is 671 g/mol. The van der Waals surface area contributed by atoms with Crippen molar-refractivity contribution < 1.29 is 27.4 Å². The largest absolute Gasteiger partial charge is 0.497 e. The van der Waals surface area contributed by atoms with Crippen molar-refractivity contribution >= 4 is 32.7 Å². The summed E-state index contributed by atoms with van der Waals surface area (Å²) in [5.41, 5.74) is 4.38. The number of carbonyl (C=O) groups is 1. The maximum absolute atomic E-state index is 14.2. The SMILES string of the molecule is CCOC(=O)c1cccc(Cc2cn(Cc3ccc(OC)cc3OC)c(=O)c3cc(-c4cn(S(=O)(=O)c5ccccc5)c5nccnc45)cn23)c1. The van der Waals surface area contributed by atoms with Gasteiger partial charge in [-0.15, -0.1) is 0 Å². The monoisotopic (exact) mass is 703 g/mol. The first kappa shape index (κ1) is 33.3. The van der Waals surface area contributed by atoms with Crippen molar-refractivity contribution in [3.05, 3.63) is 143 Å². The molecular formula is C38H33N5O7S. The Morgan fingerprint density at radius 1 is 0.863 bits per heavy atom. The lowest BCUT2D eigenvalue weighted by Crippen LogP contribution is -2.24. The van der Waals surface area contributed by atoms with Gasteiger partial charge in [-0.25, -0.2) is 22.2 Å². The van der Waals surface area contributed by atoms with E-state index in [1.54, 1.807) is 97.1 Å². The average Bonchev–Trinajstić information content (AvgIpc) is 3.78. The number of hydrogen-bond acceptors (Lipinski definition) is 9. The molecule has 4 aromatic heterocycles. The summed E-state index contributed by atoms with van der Waals surface area (Å²) in [7, 11) is -0.897. The van der Waals surface area contributed by atoms with Gasteiger partial charge in [-0.2, -0.15) is 0 Å². The minimum Gasteiger partial charge on any atom is -0.497 e. The fraction of sp³-hybridized carbons (Fsp3) is 0.158. The molecule has 51 heavy (non-hydrogen) atoms. The quantitative estimate of drug-likeness (QED) is 0.158. The van der Waals surface area contributed by atoms with Gasteiger partial charge in [0.1, 0.15) is 22.5 Å². The molecule has 0 unspecified atom stereocenters. The van der Waals surface area contributed by atoms with E-state index in [1.807, 2.05) is 12.1 Å². The van der Waals surface area contributed by atoms with Gasteiger partial charge < -0.3 is 23.2 Å². The molecule has 0 spiro atoms. The molecule has 0 atom stereocenters. The predicted octanol–water partition coefficient (Wildman–Crippen LogP) is 5.58. The summed E-state index contributed by atoms with van der Waals surface area (Å²) >= 11 is 0. The van der Waals surface area contributed by atoms with Gasteiger partial charge in [0.05, 0.1) is 37.8 Å².